The fourth-order valence-electron chi connectivity index (χ4n) is 1.95. The monoisotopic (exact) mass is 250 g/mol. The van der Waals surface area contributed by atoms with Crippen LogP contribution in [-0.2, 0) is 20.9 Å². The summed E-state index contributed by atoms with van der Waals surface area (Å²) < 4.78 is 10.5. The van der Waals surface area contributed by atoms with Crippen LogP contribution < -0.4 is 0 Å². The molecule has 4 nitrogen and oxygen atoms in total. The first-order valence-corrected chi connectivity index (χ1v) is 6.06. The van der Waals surface area contributed by atoms with Crippen molar-refractivity contribution < 1.29 is 19.4 Å². The SMILES string of the molecule is C[C@H]1CO[C@H](C(=O)OCc2ccccc2)[C@@]1(C)O. The van der Waals surface area contributed by atoms with Crippen LogP contribution in [0.4, 0.5) is 0 Å². The molecule has 1 aliphatic rings. The standard InChI is InChI=1S/C14H18O4/c1-10-8-17-12(14(10,2)16)13(15)18-9-11-6-4-3-5-7-11/h3-7,10,12,16H,8-9H2,1-2H3/t10-,12+,14-/m0/s1. The molecule has 0 amide bonds. The van der Waals surface area contributed by atoms with Gasteiger partial charge in [0.2, 0.25) is 0 Å². The molecule has 2 rings (SSSR count). The van der Waals surface area contributed by atoms with E-state index in [1.807, 2.05) is 37.3 Å². The third-order valence-electron chi connectivity index (χ3n) is 3.48. The van der Waals surface area contributed by atoms with E-state index in [9.17, 15) is 9.90 Å². The van der Waals surface area contributed by atoms with Crippen LogP contribution in [0.5, 0.6) is 0 Å². The highest BCUT2D eigenvalue weighted by molar-refractivity contribution is 5.76. The lowest BCUT2D eigenvalue weighted by atomic mass is 9.89. The summed E-state index contributed by atoms with van der Waals surface area (Å²) in [4.78, 5) is 11.9. The third kappa shape index (κ3) is 2.54. The van der Waals surface area contributed by atoms with E-state index in [0.717, 1.165) is 5.56 Å². The number of carbonyl (C=O) groups is 1. The van der Waals surface area contributed by atoms with Gasteiger partial charge in [-0.05, 0) is 12.5 Å². The van der Waals surface area contributed by atoms with E-state index in [2.05, 4.69) is 0 Å². The van der Waals surface area contributed by atoms with Crippen molar-refractivity contribution in [3.63, 3.8) is 0 Å². The van der Waals surface area contributed by atoms with Crippen molar-refractivity contribution in [2.75, 3.05) is 6.61 Å². The molecule has 1 aromatic rings. The Morgan fingerprint density at radius 3 is 2.72 bits per heavy atom. The fourth-order valence-corrected chi connectivity index (χ4v) is 1.95. The minimum atomic E-state index is -1.16. The Balaban J connectivity index is 1.93. The number of carbonyl (C=O) groups excluding carboxylic acids is 1. The average molecular weight is 250 g/mol. The maximum absolute atomic E-state index is 11.9. The first-order valence-electron chi connectivity index (χ1n) is 6.06. The van der Waals surface area contributed by atoms with Gasteiger partial charge in [-0.15, -0.1) is 0 Å². The predicted octanol–water partition coefficient (Wildman–Crippen LogP) is 1.52. The van der Waals surface area contributed by atoms with Gasteiger partial charge in [-0.25, -0.2) is 4.79 Å². The fraction of sp³-hybridized carbons (Fsp3) is 0.500. The molecule has 0 spiro atoms. The summed E-state index contributed by atoms with van der Waals surface area (Å²) in [6, 6.07) is 9.42. The summed E-state index contributed by atoms with van der Waals surface area (Å²) in [5.74, 6) is -0.583. The van der Waals surface area contributed by atoms with E-state index < -0.39 is 17.7 Å². The summed E-state index contributed by atoms with van der Waals surface area (Å²) in [5, 5.41) is 10.2. The lowest BCUT2D eigenvalue weighted by Crippen LogP contribution is -2.45. The van der Waals surface area contributed by atoms with Gasteiger partial charge >= 0.3 is 5.97 Å². The summed E-state index contributed by atoms with van der Waals surface area (Å²) in [6.07, 6.45) is -0.892. The molecule has 18 heavy (non-hydrogen) atoms. The number of rotatable bonds is 3. The number of hydrogen-bond acceptors (Lipinski definition) is 4. The molecule has 3 atom stereocenters. The van der Waals surface area contributed by atoms with Gasteiger partial charge < -0.3 is 14.6 Å². The van der Waals surface area contributed by atoms with E-state index in [1.54, 1.807) is 6.92 Å². The predicted molar refractivity (Wildman–Crippen MR) is 65.8 cm³/mol. The summed E-state index contributed by atoms with van der Waals surface area (Å²) in [5.41, 5.74) is -0.245. The Bertz CT molecular complexity index is 413. The van der Waals surface area contributed by atoms with Crippen molar-refractivity contribution in [1.29, 1.82) is 0 Å². The van der Waals surface area contributed by atoms with Crippen molar-refractivity contribution in [2.45, 2.75) is 32.2 Å². The van der Waals surface area contributed by atoms with Crippen molar-refractivity contribution in [3.8, 4) is 0 Å². The molecule has 1 aliphatic heterocycles. The number of aliphatic hydroxyl groups is 1. The van der Waals surface area contributed by atoms with Crippen LogP contribution in [0.3, 0.4) is 0 Å². The van der Waals surface area contributed by atoms with Gasteiger partial charge in [0.05, 0.1) is 6.61 Å². The van der Waals surface area contributed by atoms with Crippen LogP contribution in [-0.4, -0.2) is 29.4 Å². The van der Waals surface area contributed by atoms with Gasteiger partial charge in [-0.1, -0.05) is 37.3 Å². The van der Waals surface area contributed by atoms with Gasteiger partial charge in [-0.2, -0.15) is 0 Å². The van der Waals surface area contributed by atoms with Gasteiger partial charge in [-0.3, -0.25) is 0 Å². The van der Waals surface area contributed by atoms with E-state index in [1.165, 1.54) is 0 Å². The van der Waals surface area contributed by atoms with E-state index in [-0.39, 0.29) is 12.5 Å². The zero-order valence-electron chi connectivity index (χ0n) is 10.6. The molecule has 0 unspecified atom stereocenters. The van der Waals surface area contributed by atoms with Crippen molar-refractivity contribution >= 4 is 5.97 Å². The number of ether oxygens (including phenoxy) is 2. The van der Waals surface area contributed by atoms with Crippen LogP contribution >= 0.6 is 0 Å². The maximum atomic E-state index is 11.9. The van der Waals surface area contributed by atoms with Crippen LogP contribution in [0.2, 0.25) is 0 Å². The quantitative estimate of drug-likeness (QED) is 0.826. The lowest BCUT2D eigenvalue weighted by molar-refractivity contribution is -0.165. The van der Waals surface area contributed by atoms with Crippen LogP contribution in [0.1, 0.15) is 19.4 Å². The molecule has 1 N–H and O–H groups in total. The Kier molecular flexibility index (Phi) is 3.68. The molecule has 0 aliphatic carbocycles. The molecular weight excluding hydrogens is 232 g/mol. The molecule has 0 aromatic heterocycles. The molecule has 98 valence electrons. The van der Waals surface area contributed by atoms with Crippen molar-refractivity contribution in [1.82, 2.24) is 0 Å². The van der Waals surface area contributed by atoms with Crippen molar-refractivity contribution in [2.24, 2.45) is 5.92 Å². The van der Waals surface area contributed by atoms with Crippen LogP contribution in [0.15, 0.2) is 30.3 Å². The van der Waals surface area contributed by atoms with Gasteiger partial charge in [0.1, 0.15) is 12.2 Å². The highest BCUT2D eigenvalue weighted by Gasteiger charge is 2.49. The summed E-state index contributed by atoms with van der Waals surface area (Å²) in [6.45, 7) is 4.03. The molecule has 1 saturated heterocycles. The number of benzene rings is 1. The Morgan fingerprint density at radius 1 is 1.50 bits per heavy atom. The number of hydrogen-bond donors (Lipinski definition) is 1. The Morgan fingerprint density at radius 2 is 2.17 bits per heavy atom. The highest BCUT2D eigenvalue weighted by atomic mass is 16.6. The first-order chi connectivity index (χ1) is 8.51. The van der Waals surface area contributed by atoms with Crippen LogP contribution in [0, 0.1) is 5.92 Å². The minimum Gasteiger partial charge on any atom is -0.459 e. The Hall–Kier alpha value is -1.39. The molecule has 1 fully saturated rings. The zero-order valence-corrected chi connectivity index (χ0v) is 10.6. The van der Waals surface area contributed by atoms with Crippen molar-refractivity contribution in [3.05, 3.63) is 35.9 Å². The maximum Gasteiger partial charge on any atom is 0.338 e. The summed E-state index contributed by atoms with van der Waals surface area (Å²) >= 11 is 0. The molecule has 4 heteroatoms. The van der Waals surface area contributed by atoms with Gasteiger partial charge in [0.25, 0.3) is 0 Å². The molecule has 1 aromatic carbocycles. The highest BCUT2D eigenvalue weighted by Crippen LogP contribution is 2.31. The van der Waals surface area contributed by atoms with Gasteiger partial charge in [0, 0.05) is 5.92 Å². The second-order valence-corrected chi connectivity index (χ2v) is 4.93. The topological polar surface area (TPSA) is 55.8 Å². The smallest absolute Gasteiger partial charge is 0.338 e. The second-order valence-electron chi connectivity index (χ2n) is 4.93. The van der Waals surface area contributed by atoms with Gasteiger partial charge in [0.15, 0.2) is 6.10 Å². The minimum absolute atomic E-state index is 0.0771. The van der Waals surface area contributed by atoms with E-state index in [0.29, 0.717) is 6.61 Å². The average Bonchev–Trinajstić information content (AvgIpc) is 2.63. The van der Waals surface area contributed by atoms with E-state index >= 15 is 0 Å². The first kappa shape index (κ1) is 13.1. The zero-order chi connectivity index (χ0) is 13.2. The molecule has 0 bridgehead atoms. The summed E-state index contributed by atoms with van der Waals surface area (Å²) in [7, 11) is 0. The largest absolute Gasteiger partial charge is 0.459 e. The van der Waals surface area contributed by atoms with Crippen LogP contribution in [0.25, 0.3) is 0 Å². The van der Waals surface area contributed by atoms with E-state index in [4.69, 9.17) is 9.47 Å². The molecule has 0 radical (unpaired) electrons. The second kappa shape index (κ2) is 5.08. The molecule has 0 saturated carbocycles. The third-order valence-corrected chi connectivity index (χ3v) is 3.48. The lowest BCUT2D eigenvalue weighted by Gasteiger charge is -2.25. The molecule has 1 heterocycles. The normalized spacial score (nSPS) is 31.3. The molecular formula is C14H18O4. The Labute approximate surface area is 107 Å². The number of esters is 1.